The molecule has 0 spiro atoms. The van der Waals surface area contributed by atoms with Crippen LogP contribution >= 0.6 is 0 Å². The van der Waals surface area contributed by atoms with E-state index in [1.807, 2.05) is 6.92 Å². The molecule has 0 aliphatic carbocycles. The molecule has 8 heavy (non-hydrogen) atoms. The molecule has 0 rings (SSSR count). The van der Waals surface area contributed by atoms with Crippen LogP contribution in [0.25, 0.3) is 0 Å². The number of hydrogen-bond donors (Lipinski definition) is 0. The van der Waals surface area contributed by atoms with Crippen molar-refractivity contribution >= 4 is 11.1 Å². The zero-order valence-corrected chi connectivity index (χ0v) is 7.01. The van der Waals surface area contributed by atoms with E-state index in [-0.39, 0.29) is 18.6 Å². The normalized spacial score (nSPS) is 12.2. The van der Waals surface area contributed by atoms with Crippen LogP contribution in [0.4, 0.5) is 0 Å². The SMILES string of the molecule is CCCCS(=O)[O-].[V]. The molecular weight excluding hydrogens is 163 g/mol. The minimum atomic E-state index is -1.82. The average molecular weight is 172 g/mol. The fourth-order valence-corrected chi connectivity index (χ4v) is 0.787. The quantitative estimate of drug-likeness (QED) is 0.587. The van der Waals surface area contributed by atoms with Crippen molar-refractivity contribution in [3.8, 4) is 0 Å². The predicted octanol–water partition coefficient (Wildman–Crippen LogP) is 0.663. The van der Waals surface area contributed by atoms with Crippen molar-refractivity contribution in [1.29, 1.82) is 0 Å². The van der Waals surface area contributed by atoms with Crippen LogP contribution in [-0.4, -0.2) is 14.5 Å². The van der Waals surface area contributed by atoms with Crippen molar-refractivity contribution in [2.75, 3.05) is 5.75 Å². The van der Waals surface area contributed by atoms with Gasteiger partial charge in [0.15, 0.2) is 0 Å². The Hall–Kier alpha value is 0.694. The van der Waals surface area contributed by atoms with Crippen molar-refractivity contribution < 1.29 is 27.3 Å². The molecule has 49 valence electrons. The van der Waals surface area contributed by atoms with Crippen LogP contribution in [0.5, 0.6) is 0 Å². The molecule has 1 unspecified atom stereocenters. The Bertz CT molecular complexity index is 67.1. The van der Waals surface area contributed by atoms with Gasteiger partial charge in [0.25, 0.3) is 0 Å². The van der Waals surface area contributed by atoms with Crippen LogP contribution in [-0.2, 0) is 29.6 Å². The van der Waals surface area contributed by atoms with Crippen LogP contribution in [0.3, 0.4) is 0 Å². The van der Waals surface area contributed by atoms with Crippen molar-refractivity contribution in [2.24, 2.45) is 0 Å². The van der Waals surface area contributed by atoms with E-state index in [1.165, 1.54) is 0 Å². The molecule has 0 amide bonds. The van der Waals surface area contributed by atoms with E-state index in [0.717, 1.165) is 12.8 Å². The largest absolute Gasteiger partial charge is 0.772 e. The molecule has 0 aromatic rings. The molecule has 0 bridgehead atoms. The van der Waals surface area contributed by atoms with Crippen LogP contribution in [0.15, 0.2) is 0 Å². The molecule has 4 heteroatoms. The Morgan fingerprint density at radius 2 is 2.12 bits per heavy atom. The van der Waals surface area contributed by atoms with Gasteiger partial charge in [-0.3, -0.25) is 4.21 Å². The molecule has 1 radical (unpaired) electrons. The second-order valence-electron chi connectivity index (χ2n) is 1.36. The summed E-state index contributed by atoms with van der Waals surface area (Å²) < 4.78 is 19.5. The van der Waals surface area contributed by atoms with Gasteiger partial charge in [-0.05, 0) is 6.42 Å². The van der Waals surface area contributed by atoms with Gasteiger partial charge in [-0.25, -0.2) is 0 Å². The maximum absolute atomic E-state index is 9.76. The van der Waals surface area contributed by atoms with E-state index in [1.54, 1.807) is 0 Å². The van der Waals surface area contributed by atoms with Crippen molar-refractivity contribution in [2.45, 2.75) is 19.8 Å². The number of unbranched alkanes of at least 4 members (excludes halogenated alkanes) is 1. The summed E-state index contributed by atoms with van der Waals surface area (Å²) in [6.45, 7) is 1.97. The summed E-state index contributed by atoms with van der Waals surface area (Å²) in [7, 11) is 0. The Morgan fingerprint density at radius 1 is 1.62 bits per heavy atom. The predicted molar refractivity (Wildman–Crippen MR) is 28.7 cm³/mol. The third-order valence-electron chi connectivity index (χ3n) is 0.665. The van der Waals surface area contributed by atoms with Crippen molar-refractivity contribution in [1.82, 2.24) is 0 Å². The summed E-state index contributed by atoms with van der Waals surface area (Å²) >= 11 is -1.82. The fourth-order valence-electron chi connectivity index (χ4n) is 0.262. The standard InChI is InChI=1S/C4H10O2S.V/c1-2-3-4-7(5)6;/h2-4H2,1H3,(H,5,6);/p-1. The second-order valence-corrected chi connectivity index (χ2v) is 2.38. The van der Waals surface area contributed by atoms with Gasteiger partial charge in [0.2, 0.25) is 0 Å². The topological polar surface area (TPSA) is 40.1 Å². The van der Waals surface area contributed by atoms with Crippen molar-refractivity contribution in [3.05, 3.63) is 0 Å². The molecule has 0 saturated heterocycles. The van der Waals surface area contributed by atoms with Gasteiger partial charge in [0.05, 0.1) is 0 Å². The number of hydrogen-bond acceptors (Lipinski definition) is 2. The molecule has 1 atom stereocenters. The van der Waals surface area contributed by atoms with Gasteiger partial charge < -0.3 is 4.55 Å². The molecule has 0 aromatic carbocycles. The smallest absolute Gasteiger partial charge is 0.0101 e. The van der Waals surface area contributed by atoms with Gasteiger partial charge in [0.1, 0.15) is 0 Å². The molecule has 0 fully saturated rings. The maximum Gasteiger partial charge on any atom is 0.0101 e. The van der Waals surface area contributed by atoms with Crippen LogP contribution in [0.2, 0.25) is 0 Å². The Kier molecular flexibility index (Phi) is 11.0. The van der Waals surface area contributed by atoms with Gasteiger partial charge in [-0.15, -0.1) is 0 Å². The first-order valence-electron chi connectivity index (χ1n) is 2.33. The van der Waals surface area contributed by atoms with Crippen LogP contribution < -0.4 is 0 Å². The molecule has 0 aliphatic heterocycles. The van der Waals surface area contributed by atoms with Crippen LogP contribution in [0.1, 0.15) is 19.8 Å². The molecule has 0 aromatic heterocycles. The number of rotatable bonds is 3. The van der Waals surface area contributed by atoms with Crippen LogP contribution in [0, 0.1) is 0 Å². The van der Waals surface area contributed by atoms with E-state index in [4.69, 9.17) is 0 Å². The molecule has 2 nitrogen and oxygen atoms in total. The first-order valence-corrected chi connectivity index (χ1v) is 3.57. The fraction of sp³-hybridized carbons (Fsp3) is 1.00. The molecule has 0 aliphatic rings. The first-order chi connectivity index (χ1) is 3.27. The van der Waals surface area contributed by atoms with E-state index < -0.39 is 11.1 Å². The van der Waals surface area contributed by atoms with Gasteiger partial charge in [0, 0.05) is 24.3 Å². The Morgan fingerprint density at radius 3 is 2.25 bits per heavy atom. The second kappa shape index (κ2) is 7.69. The van der Waals surface area contributed by atoms with E-state index >= 15 is 0 Å². The Labute approximate surface area is 64.2 Å². The van der Waals surface area contributed by atoms with Gasteiger partial charge >= 0.3 is 0 Å². The maximum atomic E-state index is 9.76. The summed E-state index contributed by atoms with van der Waals surface area (Å²) in [6, 6.07) is 0. The van der Waals surface area contributed by atoms with Gasteiger partial charge in [-0.2, -0.15) is 0 Å². The summed E-state index contributed by atoms with van der Waals surface area (Å²) in [5.41, 5.74) is 0. The first kappa shape index (κ1) is 11.5. The van der Waals surface area contributed by atoms with Gasteiger partial charge in [-0.1, -0.05) is 24.4 Å². The van der Waals surface area contributed by atoms with Crippen molar-refractivity contribution in [3.63, 3.8) is 0 Å². The molecule has 0 N–H and O–H groups in total. The minimum Gasteiger partial charge on any atom is -0.772 e. The average Bonchev–Trinajstić information content (AvgIpc) is 1.61. The van der Waals surface area contributed by atoms with E-state index in [9.17, 15) is 8.76 Å². The zero-order chi connectivity index (χ0) is 5.70. The zero-order valence-electron chi connectivity index (χ0n) is 4.79. The third kappa shape index (κ3) is 9.85. The summed E-state index contributed by atoms with van der Waals surface area (Å²) in [6.07, 6.45) is 1.74. The summed E-state index contributed by atoms with van der Waals surface area (Å²) in [4.78, 5) is 0. The minimum absolute atomic E-state index is 0. The Balaban J connectivity index is 0. The summed E-state index contributed by atoms with van der Waals surface area (Å²) in [5.74, 6) is 0.316. The molecule has 0 heterocycles. The molecule has 0 saturated carbocycles. The van der Waals surface area contributed by atoms with E-state index in [0.29, 0.717) is 5.75 Å². The third-order valence-corrected chi connectivity index (χ3v) is 1.29. The van der Waals surface area contributed by atoms with E-state index in [2.05, 4.69) is 0 Å². The molecular formula is C4H9O2SV-. The monoisotopic (exact) mass is 172 g/mol. The summed E-state index contributed by atoms with van der Waals surface area (Å²) in [5, 5.41) is 0.